The summed E-state index contributed by atoms with van der Waals surface area (Å²) in [5.74, 6) is 0.147. The number of nitrogens with one attached hydrogen (secondary N) is 1. The number of carbonyl (C=O) groups excluding carboxylic acids is 1. The first kappa shape index (κ1) is 13.6. The largest absolute Gasteiger partial charge is 0.497 e. The Kier molecular flexibility index (Phi) is 3.35. The molecule has 2 aromatic carbocycles. The van der Waals surface area contributed by atoms with Gasteiger partial charge in [0.15, 0.2) is 0 Å². The quantitative estimate of drug-likeness (QED) is 0.910. The van der Waals surface area contributed by atoms with E-state index in [0.717, 1.165) is 5.56 Å². The number of amides is 1. The zero-order chi connectivity index (χ0) is 15.0. The Labute approximate surface area is 121 Å². The Bertz CT molecular complexity index is 715. The Balaban J connectivity index is 2.06. The second kappa shape index (κ2) is 5.18. The van der Waals surface area contributed by atoms with Crippen molar-refractivity contribution in [2.45, 2.75) is 12.5 Å². The third kappa shape index (κ3) is 2.48. The standard InChI is InChI=1S/C16H15FN2O2/c1-21-12-4-2-3-9(6-12)15(18)13-8-11(17)5-10-7-14(20)19-16(10)13/h2-6,8,15H,7,18H2,1H3,(H,19,20). The molecule has 0 aromatic heterocycles. The first-order valence-corrected chi connectivity index (χ1v) is 6.60. The molecule has 0 saturated carbocycles. The normalized spacial score (nSPS) is 14.5. The molecule has 4 nitrogen and oxygen atoms in total. The van der Waals surface area contributed by atoms with Gasteiger partial charge < -0.3 is 15.8 Å². The zero-order valence-corrected chi connectivity index (χ0v) is 11.5. The summed E-state index contributed by atoms with van der Waals surface area (Å²) in [5.41, 5.74) is 8.89. The van der Waals surface area contributed by atoms with Crippen LogP contribution in [0.2, 0.25) is 0 Å². The number of nitrogens with two attached hydrogens (primary N) is 1. The molecule has 21 heavy (non-hydrogen) atoms. The number of methoxy groups -OCH3 is 1. The van der Waals surface area contributed by atoms with E-state index in [2.05, 4.69) is 5.32 Å². The highest BCUT2D eigenvalue weighted by molar-refractivity contribution is 6.00. The molecule has 1 unspecified atom stereocenters. The third-order valence-electron chi connectivity index (χ3n) is 3.62. The van der Waals surface area contributed by atoms with Gasteiger partial charge in [-0.3, -0.25) is 4.79 Å². The summed E-state index contributed by atoms with van der Waals surface area (Å²) >= 11 is 0. The van der Waals surface area contributed by atoms with E-state index in [1.165, 1.54) is 12.1 Å². The van der Waals surface area contributed by atoms with Gasteiger partial charge >= 0.3 is 0 Å². The van der Waals surface area contributed by atoms with Crippen molar-refractivity contribution in [2.75, 3.05) is 12.4 Å². The fraction of sp³-hybridized carbons (Fsp3) is 0.188. The molecule has 0 aliphatic carbocycles. The molecule has 2 aromatic rings. The lowest BCUT2D eigenvalue weighted by molar-refractivity contribution is -0.115. The summed E-state index contributed by atoms with van der Waals surface area (Å²) < 4.78 is 18.9. The summed E-state index contributed by atoms with van der Waals surface area (Å²) in [4.78, 5) is 11.5. The molecule has 0 bridgehead atoms. The van der Waals surface area contributed by atoms with E-state index in [-0.39, 0.29) is 12.3 Å². The Morgan fingerprint density at radius 1 is 1.33 bits per heavy atom. The predicted octanol–water partition coefficient (Wildman–Crippen LogP) is 2.38. The van der Waals surface area contributed by atoms with Crippen molar-refractivity contribution in [1.29, 1.82) is 0 Å². The number of halogens is 1. The fourth-order valence-electron chi connectivity index (χ4n) is 2.59. The molecule has 108 valence electrons. The molecule has 1 heterocycles. The van der Waals surface area contributed by atoms with E-state index >= 15 is 0 Å². The van der Waals surface area contributed by atoms with Crippen LogP contribution in [0.1, 0.15) is 22.7 Å². The number of hydrogen-bond acceptors (Lipinski definition) is 3. The Hall–Kier alpha value is -2.40. The van der Waals surface area contributed by atoms with Crippen molar-refractivity contribution >= 4 is 11.6 Å². The lowest BCUT2D eigenvalue weighted by Gasteiger charge is -2.17. The van der Waals surface area contributed by atoms with Crippen molar-refractivity contribution in [2.24, 2.45) is 5.73 Å². The maximum atomic E-state index is 13.8. The van der Waals surface area contributed by atoms with Gasteiger partial charge in [-0.05, 0) is 35.4 Å². The molecule has 1 atom stereocenters. The zero-order valence-electron chi connectivity index (χ0n) is 11.5. The van der Waals surface area contributed by atoms with Gasteiger partial charge in [-0.1, -0.05) is 12.1 Å². The van der Waals surface area contributed by atoms with Gasteiger partial charge in [0.1, 0.15) is 11.6 Å². The molecule has 1 aliphatic heterocycles. The maximum Gasteiger partial charge on any atom is 0.228 e. The lowest BCUT2D eigenvalue weighted by atomic mass is 9.95. The predicted molar refractivity (Wildman–Crippen MR) is 77.8 cm³/mol. The van der Waals surface area contributed by atoms with Gasteiger partial charge in [0.2, 0.25) is 5.91 Å². The number of rotatable bonds is 3. The van der Waals surface area contributed by atoms with Crippen LogP contribution in [0.4, 0.5) is 10.1 Å². The molecule has 3 N–H and O–H groups in total. The first-order chi connectivity index (χ1) is 10.1. The van der Waals surface area contributed by atoms with Crippen LogP contribution in [-0.2, 0) is 11.2 Å². The maximum absolute atomic E-state index is 13.8. The van der Waals surface area contributed by atoms with Crippen LogP contribution >= 0.6 is 0 Å². The molecular formula is C16H15FN2O2. The highest BCUT2D eigenvalue weighted by Gasteiger charge is 2.25. The molecule has 0 radical (unpaired) electrons. The molecule has 0 fully saturated rings. The van der Waals surface area contributed by atoms with Gasteiger partial charge in [-0.2, -0.15) is 0 Å². The van der Waals surface area contributed by atoms with Crippen LogP contribution in [0.25, 0.3) is 0 Å². The highest BCUT2D eigenvalue weighted by atomic mass is 19.1. The molecule has 0 spiro atoms. The van der Waals surface area contributed by atoms with E-state index in [1.54, 1.807) is 13.2 Å². The summed E-state index contributed by atoms with van der Waals surface area (Å²) in [6.07, 6.45) is 0.185. The number of benzene rings is 2. The minimum absolute atomic E-state index is 0.144. The van der Waals surface area contributed by atoms with Crippen LogP contribution in [-0.4, -0.2) is 13.0 Å². The summed E-state index contributed by atoms with van der Waals surface area (Å²) in [5, 5.41) is 2.76. The van der Waals surface area contributed by atoms with Crippen molar-refractivity contribution in [3.05, 3.63) is 58.9 Å². The van der Waals surface area contributed by atoms with Crippen LogP contribution < -0.4 is 15.8 Å². The first-order valence-electron chi connectivity index (χ1n) is 6.60. The van der Waals surface area contributed by atoms with Crippen LogP contribution in [0, 0.1) is 5.82 Å². The summed E-state index contributed by atoms with van der Waals surface area (Å²) in [6.45, 7) is 0. The molecule has 5 heteroatoms. The number of hydrogen-bond donors (Lipinski definition) is 2. The van der Waals surface area contributed by atoms with Crippen LogP contribution in [0.15, 0.2) is 36.4 Å². The average Bonchev–Trinajstić information content (AvgIpc) is 2.85. The smallest absolute Gasteiger partial charge is 0.228 e. The van der Waals surface area contributed by atoms with E-state index in [0.29, 0.717) is 22.6 Å². The minimum Gasteiger partial charge on any atom is -0.497 e. The third-order valence-corrected chi connectivity index (χ3v) is 3.62. The van der Waals surface area contributed by atoms with E-state index in [4.69, 9.17) is 10.5 Å². The fourth-order valence-corrected chi connectivity index (χ4v) is 2.59. The SMILES string of the molecule is COc1cccc(C(N)c2cc(F)cc3c2NC(=O)C3)c1. The van der Waals surface area contributed by atoms with Crippen molar-refractivity contribution in [1.82, 2.24) is 0 Å². The van der Waals surface area contributed by atoms with Gasteiger partial charge in [0, 0.05) is 11.3 Å². The van der Waals surface area contributed by atoms with E-state index < -0.39 is 11.9 Å². The molecule has 1 amide bonds. The van der Waals surface area contributed by atoms with Crippen molar-refractivity contribution < 1.29 is 13.9 Å². The summed E-state index contributed by atoms with van der Waals surface area (Å²) in [6, 6.07) is 9.49. The van der Waals surface area contributed by atoms with Crippen LogP contribution in [0.3, 0.4) is 0 Å². The lowest BCUT2D eigenvalue weighted by Crippen LogP contribution is -2.15. The van der Waals surface area contributed by atoms with Crippen molar-refractivity contribution in [3.8, 4) is 5.75 Å². The van der Waals surface area contributed by atoms with Crippen LogP contribution in [0.5, 0.6) is 5.75 Å². The highest BCUT2D eigenvalue weighted by Crippen LogP contribution is 2.34. The number of anilines is 1. The van der Waals surface area contributed by atoms with Gasteiger partial charge in [-0.25, -0.2) is 4.39 Å². The monoisotopic (exact) mass is 286 g/mol. The Morgan fingerprint density at radius 3 is 2.90 bits per heavy atom. The van der Waals surface area contributed by atoms with E-state index in [9.17, 15) is 9.18 Å². The summed E-state index contributed by atoms with van der Waals surface area (Å²) in [7, 11) is 1.57. The topological polar surface area (TPSA) is 64.3 Å². The second-order valence-electron chi connectivity index (χ2n) is 5.01. The van der Waals surface area contributed by atoms with Gasteiger partial charge in [-0.15, -0.1) is 0 Å². The second-order valence-corrected chi connectivity index (χ2v) is 5.01. The molecule has 3 rings (SSSR count). The van der Waals surface area contributed by atoms with Gasteiger partial charge in [0.25, 0.3) is 0 Å². The van der Waals surface area contributed by atoms with E-state index in [1.807, 2.05) is 18.2 Å². The van der Waals surface area contributed by atoms with Gasteiger partial charge in [0.05, 0.1) is 19.6 Å². The van der Waals surface area contributed by atoms with Crippen molar-refractivity contribution in [3.63, 3.8) is 0 Å². The Morgan fingerprint density at radius 2 is 2.14 bits per heavy atom. The molecular weight excluding hydrogens is 271 g/mol. The average molecular weight is 286 g/mol. The number of carbonyl (C=O) groups is 1. The molecule has 0 saturated heterocycles. The minimum atomic E-state index is -0.539. The number of fused-ring (bicyclic) bond motifs is 1. The molecule has 1 aliphatic rings. The number of ether oxygens (including phenoxy) is 1.